The Hall–Kier alpha value is -2.56. The number of carboxylic acid groups (broad SMARTS) is 1. The van der Waals surface area contributed by atoms with Gasteiger partial charge in [-0.25, -0.2) is 4.79 Å². The van der Waals surface area contributed by atoms with Gasteiger partial charge in [0.2, 0.25) is 0 Å². The topological polar surface area (TPSA) is 75.6 Å². The van der Waals surface area contributed by atoms with E-state index in [0.717, 1.165) is 10.8 Å². The fraction of sp³-hybridized carbons (Fsp3) is 0.333. The van der Waals surface area contributed by atoms with Gasteiger partial charge in [0.1, 0.15) is 11.8 Å². The van der Waals surface area contributed by atoms with E-state index >= 15 is 0 Å². The number of benzene rings is 2. The number of carboxylic acids is 1. The van der Waals surface area contributed by atoms with Crippen LogP contribution in [0.5, 0.6) is 5.75 Å². The van der Waals surface area contributed by atoms with Crippen molar-refractivity contribution in [3.63, 3.8) is 0 Å². The van der Waals surface area contributed by atoms with Crippen molar-refractivity contribution in [3.05, 3.63) is 42.5 Å². The van der Waals surface area contributed by atoms with Crippen molar-refractivity contribution in [2.24, 2.45) is 5.92 Å². The Labute approximate surface area is 135 Å². The number of carbonyl (C=O) groups is 2. The Bertz CT molecular complexity index is 693. The molecule has 0 aliphatic heterocycles. The Morgan fingerprint density at radius 2 is 1.87 bits per heavy atom. The van der Waals surface area contributed by atoms with Crippen LogP contribution >= 0.6 is 0 Å². The van der Waals surface area contributed by atoms with E-state index < -0.39 is 17.9 Å². The van der Waals surface area contributed by atoms with E-state index in [0.29, 0.717) is 12.2 Å². The van der Waals surface area contributed by atoms with Gasteiger partial charge in [-0.2, -0.15) is 0 Å². The predicted octanol–water partition coefficient (Wildman–Crippen LogP) is 2.83. The Balaban J connectivity index is 2.02. The van der Waals surface area contributed by atoms with Gasteiger partial charge in [-0.3, -0.25) is 4.79 Å². The lowest BCUT2D eigenvalue weighted by Crippen LogP contribution is -2.46. The van der Waals surface area contributed by atoms with Gasteiger partial charge in [-0.15, -0.1) is 0 Å². The second-order valence-electron chi connectivity index (χ2n) is 5.53. The number of aliphatic carboxylic acids is 1. The summed E-state index contributed by atoms with van der Waals surface area (Å²) in [6, 6.07) is 12.4. The number of ether oxygens (including phenoxy) is 1. The summed E-state index contributed by atoms with van der Waals surface area (Å²) in [6.07, 6.45) is 0.668. The van der Waals surface area contributed by atoms with E-state index in [-0.39, 0.29) is 12.5 Å². The fourth-order valence-electron chi connectivity index (χ4n) is 2.36. The van der Waals surface area contributed by atoms with Crippen LogP contribution in [0.4, 0.5) is 0 Å². The summed E-state index contributed by atoms with van der Waals surface area (Å²) in [5, 5.41) is 13.7. The molecule has 122 valence electrons. The number of hydrogen-bond acceptors (Lipinski definition) is 3. The SMILES string of the molecule is CCC(C)C(NC(=O)COc1cccc2ccccc12)C(=O)O. The first kappa shape index (κ1) is 16.8. The molecule has 0 aliphatic carbocycles. The van der Waals surface area contributed by atoms with E-state index in [1.807, 2.05) is 43.3 Å². The van der Waals surface area contributed by atoms with Gasteiger partial charge in [0.25, 0.3) is 5.91 Å². The summed E-state index contributed by atoms with van der Waals surface area (Å²) in [5.41, 5.74) is 0. The summed E-state index contributed by atoms with van der Waals surface area (Å²) in [7, 11) is 0. The molecule has 2 rings (SSSR count). The van der Waals surface area contributed by atoms with Crippen LogP contribution in [0.1, 0.15) is 20.3 Å². The van der Waals surface area contributed by atoms with Crippen LogP contribution in [0.3, 0.4) is 0 Å². The minimum Gasteiger partial charge on any atom is -0.483 e. The number of amides is 1. The molecule has 23 heavy (non-hydrogen) atoms. The van der Waals surface area contributed by atoms with Crippen LogP contribution in [0, 0.1) is 5.92 Å². The minimum atomic E-state index is -1.03. The molecule has 0 heterocycles. The van der Waals surface area contributed by atoms with Crippen molar-refractivity contribution in [2.45, 2.75) is 26.3 Å². The maximum Gasteiger partial charge on any atom is 0.326 e. The van der Waals surface area contributed by atoms with Crippen LogP contribution < -0.4 is 10.1 Å². The largest absolute Gasteiger partial charge is 0.483 e. The van der Waals surface area contributed by atoms with Crippen molar-refractivity contribution in [1.82, 2.24) is 5.32 Å². The molecule has 2 unspecified atom stereocenters. The normalized spacial score (nSPS) is 13.3. The predicted molar refractivity (Wildman–Crippen MR) is 88.5 cm³/mol. The summed E-state index contributed by atoms with van der Waals surface area (Å²) < 4.78 is 5.57. The van der Waals surface area contributed by atoms with E-state index in [4.69, 9.17) is 4.74 Å². The van der Waals surface area contributed by atoms with Crippen LogP contribution in [0.25, 0.3) is 10.8 Å². The monoisotopic (exact) mass is 315 g/mol. The second kappa shape index (κ2) is 7.63. The summed E-state index contributed by atoms with van der Waals surface area (Å²) in [6.45, 7) is 3.47. The van der Waals surface area contributed by atoms with Crippen molar-refractivity contribution in [3.8, 4) is 5.75 Å². The van der Waals surface area contributed by atoms with Gasteiger partial charge in [-0.05, 0) is 17.4 Å². The van der Waals surface area contributed by atoms with Crippen LogP contribution in [0.15, 0.2) is 42.5 Å². The molecular weight excluding hydrogens is 294 g/mol. The molecule has 5 heteroatoms. The molecule has 0 saturated heterocycles. The highest BCUT2D eigenvalue weighted by molar-refractivity contribution is 5.89. The zero-order valence-corrected chi connectivity index (χ0v) is 13.3. The number of rotatable bonds is 7. The molecule has 2 atom stereocenters. The Kier molecular flexibility index (Phi) is 5.57. The first-order chi connectivity index (χ1) is 11.0. The van der Waals surface area contributed by atoms with Gasteiger partial charge < -0.3 is 15.2 Å². The molecule has 0 aromatic heterocycles. The number of fused-ring (bicyclic) bond motifs is 1. The Morgan fingerprint density at radius 3 is 2.57 bits per heavy atom. The molecule has 0 aliphatic rings. The third kappa shape index (κ3) is 4.22. The van der Waals surface area contributed by atoms with Crippen molar-refractivity contribution in [2.75, 3.05) is 6.61 Å². The summed E-state index contributed by atoms with van der Waals surface area (Å²) in [5.74, 6) is -1.01. The minimum absolute atomic E-state index is 0.144. The third-order valence-corrected chi connectivity index (χ3v) is 3.90. The molecule has 2 aromatic rings. The zero-order valence-electron chi connectivity index (χ0n) is 13.3. The van der Waals surface area contributed by atoms with Crippen LogP contribution in [-0.2, 0) is 9.59 Å². The highest BCUT2D eigenvalue weighted by Crippen LogP contribution is 2.24. The highest BCUT2D eigenvalue weighted by atomic mass is 16.5. The van der Waals surface area contributed by atoms with Crippen molar-refractivity contribution >= 4 is 22.6 Å². The van der Waals surface area contributed by atoms with Crippen LogP contribution in [-0.4, -0.2) is 29.6 Å². The zero-order chi connectivity index (χ0) is 16.8. The number of hydrogen-bond donors (Lipinski definition) is 2. The van der Waals surface area contributed by atoms with Gasteiger partial charge in [0.05, 0.1) is 0 Å². The van der Waals surface area contributed by atoms with Crippen LogP contribution in [0.2, 0.25) is 0 Å². The van der Waals surface area contributed by atoms with Gasteiger partial charge in [-0.1, -0.05) is 56.7 Å². The van der Waals surface area contributed by atoms with E-state index in [9.17, 15) is 14.7 Å². The smallest absolute Gasteiger partial charge is 0.326 e. The maximum absolute atomic E-state index is 12.0. The quantitative estimate of drug-likeness (QED) is 0.824. The van der Waals surface area contributed by atoms with E-state index in [1.54, 1.807) is 13.0 Å². The molecule has 0 saturated carbocycles. The summed E-state index contributed by atoms with van der Waals surface area (Å²) >= 11 is 0. The van der Waals surface area contributed by atoms with Gasteiger partial charge in [0, 0.05) is 5.39 Å². The Morgan fingerprint density at radius 1 is 1.17 bits per heavy atom. The first-order valence-electron chi connectivity index (χ1n) is 7.65. The van der Waals surface area contributed by atoms with Crippen molar-refractivity contribution in [1.29, 1.82) is 0 Å². The number of nitrogens with one attached hydrogen (secondary N) is 1. The molecule has 2 N–H and O–H groups in total. The van der Waals surface area contributed by atoms with Crippen molar-refractivity contribution < 1.29 is 19.4 Å². The molecule has 2 aromatic carbocycles. The molecule has 0 bridgehead atoms. The molecule has 0 radical (unpaired) electrons. The maximum atomic E-state index is 12.0. The average molecular weight is 315 g/mol. The molecular formula is C18H21NO4. The van der Waals surface area contributed by atoms with E-state index in [2.05, 4.69) is 5.32 Å². The lowest BCUT2D eigenvalue weighted by atomic mass is 9.99. The molecule has 5 nitrogen and oxygen atoms in total. The second-order valence-corrected chi connectivity index (χ2v) is 5.53. The van der Waals surface area contributed by atoms with Gasteiger partial charge >= 0.3 is 5.97 Å². The average Bonchev–Trinajstić information content (AvgIpc) is 2.56. The lowest BCUT2D eigenvalue weighted by Gasteiger charge is -2.20. The summed E-state index contributed by atoms with van der Waals surface area (Å²) in [4.78, 5) is 23.2. The number of carbonyl (C=O) groups excluding carboxylic acids is 1. The highest BCUT2D eigenvalue weighted by Gasteiger charge is 2.25. The fourth-order valence-corrected chi connectivity index (χ4v) is 2.36. The molecule has 0 fully saturated rings. The van der Waals surface area contributed by atoms with E-state index in [1.165, 1.54) is 0 Å². The third-order valence-electron chi connectivity index (χ3n) is 3.90. The molecule has 0 spiro atoms. The first-order valence-corrected chi connectivity index (χ1v) is 7.65. The van der Waals surface area contributed by atoms with Gasteiger partial charge in [0.15, 0.2) is 6.61 Å². The lowest BCUT2D eigenvalue weighted by molar-refractivity contribution is -0.143. The standard InChI is InChI=1S/C18H21NO4/c1-3-12(2)17(18(21)22)19-16(20)11-23-15-10-6-8-13-7-4-5-9-14(13)15/h4-10,12,17H,3,11H2,1-2H3,(H,19,20)(H,21,22). The molecule has 1 amide bonds.